The minimum atomic E-state index is -0.657. The van der Waals surface area contributed by atoms with Crippen LogP contribution >= 0.6 is 11.3 Å². The number of hydrogen-bond acceptors (Lipinski definition) is 6. The highest BCUT2D eigenvalue weighted by Crippen LogP contribution is 2.35. The number of thiazole rings is 1. The Morgan fingerprint density at radius 2 is 1.62 bits per heavy atom. The van der Waals surface area contributed by atoms with Crippen molar-refractivity contribution in [3.05, 3.63) is 127 Å². The normalized spacial score (nSPS) is 17.4. The molecule has 0 N–H and O–H groups in total. The first-order valence-electron chi connectivity index (χ1n) is 13.8. The van der Waals surface area contributed by atoms with Crippen LogP contribution < -0.4 is 19.8 Å². The Morgan fingerprint density at radius 1 is 0.950 bits per heavy atom. The monoisotopic (exact) mass is 549 g/mol. The van der Waals surface area contributed by atoms with Gasteiger partial charge in [0, 0.05) is 24.3 Å². The summed E-state index contributed by atoms with van der Waals surface area (Å²) in [5, 5.41) is 0. The SMILES string of the molecule is CCOC(=O)C1=C(c2ccccc2)N=c2s/c(=C/c3ccc(N4CCCCC4)cc3)c(=O)n2[C@H]1c1ccccc1. The summed E-state index contributed by atoms with van der Waals surface area (Å²) in [4.78, 5) is 35.4. The number of nitrogens with zero attached hydrogens (tertiary/aromatic N) is 3. The number of aromatic nitrogens is 1. The van der Waals surface area contributed by atoms with Gasteiger partial charge in [0.25, 0.3) is 5.56 Å². The van der Waals surface area contributed by atoms with Gasteiger partial charge in [-0.05, 0) is 55.5 Å². The summed E-state index contributed by atoms with van der Waals surface area (Å²) in [7, 11) is 0. The second-order valence-corrected chi connectivity index (χ2v) is 11.0. The van der Waals surface area contributed by atoms with Crippen LogP contribution in [0.5, 0.6) is 0 Å². The van der Waals surface area contributed by atoms with Crippen LogP contribution in [0.3, 0.4) is 0 Å². The summed E-state index contributed by atoms with van der Waals surface area (Å²) in [5.74, 6) is -0.471. The standard InChI is InChI=1S/C33H31N3O3S/c1-2-39-32(38)28-29(24-12-6-3-7-13-24)34-33-36(30(28)25-14-8-4-9-15-25)31(37)27(40-33)22-23-16-18-26(19-17-23)35-20-10-5-11-21-35/h3-4,6-9,12-19,22,30H,2,5,10-11,20-21H2,1H3/b27-22+/t30-/m0/s1. The average Bonchev–Trinajstić information content (AvgIpc) is 3.32. The molecule has 202 valence electrons. The van der Waals surface area contributed by atoms with Crippen LogP contribution in [0, 0.1) is 0 Å². The highest BCUT2D eigenvalue weighted by atomic mass is 32.1. The van der Waals surface area contributed by atoms with Crippen molar-refractivity contribution in [2.45, 2.75) is 32.2 Å². The van der Waals surface area contributed by atoms with Gasteiger partial charge in [0.1, 0.15) is 0 Å². The Bertz CT molecular complexity index is 1720. The van der Waals surface area contributed by atoms with E-state index in [-0.39, 0.29) is 12.2 Å². The maximum absolute atomic E-state index is 14.0. The Kier molecular flexibility index (Phi) is 7.47. The van der Waals surface area contributed by atoms with Crippen LogP contribution in [0.25, 0.3) is 11.8 Å². The van der Waals surface area contributed by atoms with Gasteiger partial charge in [-0.2, -0.15) is 0 Å². The molecule has 4 aromatic rings. The van der Waals surface area contributed by atoms with Gasteiger partial charge >= 0.3 is 5.97 Å². The van der Waals surface area contributed by atoms with Gasteiger partial charge in [-0.15, -0.1) is 0 Å². The fraction of sp³-hybridized carbons (Fsp3) is 0.242. The zero-order chi connectivity index (χ0) is 27.5. The summed E-state index contributed by atoms with van der Waals surface area (Å²) in [6.07, 6.45) is 5.67. The molecule has 1 fully saturated rings. The maximum Gasteiger partial charge on any atom is 0.338 e. The van der Waals surface area contributed by atoms with Crippen molar-refractivity contribution in [3.63, 3.8) is 0 Å². The van der Waals surface area contributed by atoms with Crippen molar-refractivity contribution in [2.24, 2.45) is 4.99 Å². The molecule has 0 spiro atoms. The molecule has 2 aliphatic rings. The van der Waals surface area contributed by atoms with Crippen molar-refractivity contribution < 1.29 is 9.53 Å². The molecule has 1 atom stereocenters. The number of esters is 1. The molecule has 3 aromatic carbocycles. The highest BCUT2D eigenvalue weighted by Gasteiger charge is 2.35. The number of anilines is 1. The fourth-order valence-corrected chi connectivity index (χ4v) is 6.48. The average molecular weight is 550 g/mol. The van der Waals surface area contributed by atoms with Gasteiger partial charge in [0.2, 0.25) is 0 Å². The third-order valence-corrected chi connectivity index (χ3v) is 8.38. The lowest BCUT2D eigenvalue weighted by atomic mass is 9.93. The zero-order valence-electron chi connectivity index (χ0n) is 22.5. The van der Waals surface area contributed by atoms with Crippen molar-refractivity contribution in [1.82, 2.24) is 4.57 Å². The van der Waals surface area contributed by atoms with E-state index in [2.05, 4.69) is 29.2 Å². The number of piperidine rings is 1. The van der Waals surface area contributed by atoms with Crippen LogP contribution in [0.15, 0.2) is 100 Å². The molecule has 1 saturated heterocycles. The molecular formula is C33H31N3O3S. The smallest absolute Gasteiger partial charge is 0.338 e. The third-order valence-electron chi connectivity index (χ3n) is 7.40. The van der Waals surface area contributed by atoms with Crippen LogP contribution in [-0.2, 0) is 9.53 Å². The molecule has 0 radical (unpaired) electrons. The van der Waals surface area contributed by atoms with E-state index in [9.17, 15) is 9.59 Å². The highest BCUT2D eigenvalue weighted by molar-refractivity contribution is 7.07. The summed E-state index contributed by atoms with van der Waals surface area (Å²) in [6.45, 7) is 4.18. The molecule has 6 rings (SSSR count). The van der Waals surface area contributed by atoms with Gasteiger partial charge in [0.05, 0.1) is 28.5 Å². The van der Waals surface area contributed by atoms with Gasteiger partial charge in [-0.3, -0.25) is 9.36 Å². The molecule has 1 aromatic heterocycles. The number of fused-ring (bicyclic) bond motifs is 1. The number of carbonyl (C=O) groups excluding carboxylic acids is 1. The lowest BCUT2D eigenvalue weighted by Gasteiger charge is -2.28. The van der Waals surface area contributed by atoms with E-state index >= 15 is 0 Å². The Labute approximate surface area is 237 Å². The van der Waals surface area contributed by atoms with E-state index in [1.54, 1.807) is 11.5 Å². The molecule has 2 aliphatic heterocycles. The Balaban J connectivity index is 1.51. The Morgan fingerprint density at radius 3 is 2.30 bits per heavy atom. The van der Waals surface area contributed by atoms with E-state index in [0.29, 0.717) is 20.6 Å². The number of benzene rings is 3. The maximum atomic E-state index is 14.0. The molecule has 40 heavy (non-hydrogen) atoms. The third kappa shape index (κ3) is 5.05. The summed E-state index contributed by atoms with van der Waals surface area (Å²) in [5.41, 5.74) is 4.52. The summed E-state index contributed by atoms with van der Waals surface area (Å²) < 4.78 is 7.74. The first kappa shape index (κ1) is 26.0. The number of carbonyl (C=O) groups is 1. The predicted octanol–water partition coefficient (Wildman–Crippen LogP) is 4.93. The number of hydrogen-bond donors (Lipinski definition) is 0. The van der Waals surface area contributed by atoms with E-state index in [4.69, 9.17) is 9.73 Å². The van der Waals surface area contributed by atoms with Crippen molar-refractivity contribution in [2.75, 3.05) is 24.6 Å². The molecule has 0 bridgehead atoms. The minimum absolute atomic E-state index is 0.174. The quantitative estimate of drug-likeness (QED) is 0.320. The molecule has 6 nitrogen and oxygen atoms in total. The van der Waals surface area contributed by atoms with E-state index in [1.807, 2.05) is 66.7 Å². The molecule has 0 unspecified atom stereocenters. The van der Waals surface area contributed by atoms with Crippen LogP contribution in [0.1, 0.15) is 48.9 Å². The summed E-state index contributed by atoms with van der Waals surface area (Å²) in [6, 6.07) is 27.0. The van der Waals surface area contributed by atoms with Crippen LogP contribution in [0.2, 0.25) is 0 Å². The second-order valence-electron chi connectivity index (χ2n) is 9.98. The molecular weight excluding hydrogens is 518 g/mol. The van der Waals surface area contributed by atoms with E-state index in [1.165, 1.54) is 36.3 Å². The molecule has 0 amide bonds. The molecule has 3 heterocycles. The van der Waals surface area contributed by atoms with Crippen LogP contribution in [0.4, 0.5) is 5.69 Å². The molecule has 0 aliphatic carbocycles. The molecule has 7 heteroatoms. The lowest BCUT2D eigenvalue weighted by Crippen LogP contribution is -2.39. The van der Waals surface area contributed by atoms with Crippen molar-refractivity contribution >= 4 is 34.8 Å². The Hall–Kier alpha value is -4.23. The first-order valence-corrected chi connectivity index (χ1v) is 14.6. The van der Waals surface area contributed by atoms with E-state index in [0.717, 1.165) is 29.8 Å². The van der Waals surface area contributed by atoms with Crippen LogP contribution in [-0.4, -0.2) is 30.2 Å². The van der Waals surface area contributed by atoms with Crippen molar-refractivity contribution in [1.29, 1.82) is 0 Å². The fourth-order valence-electron chi connectivity index (χ4n) is 5.48. The van der Waals surface area contributed by atoms with Gasteiger partial charge in [-0.25, -0.2) is 9.79 Å². The minimum Gasteiger partial charge on any atom is -0.463 e. The first-order chi connectivity index (χ1) is 19.6. The van der Waals surface area contributed by atoms with Crippen molar-refractivity contribution in [3.8, 4) is 0 Å². The van der Waals surface area contributed by atoms with Gasteiger partial charge < -0.3 is 9.64 Å². The largest absolute Gasteiger partial charge is 0.463 e. The lowest BCUT2D eigenvalue weighted by molar-refractivity contribution is -0.138. The number of rotatable bonds is 6. The zero-order valence-corrected chi connectivity index (χ0v) is 23.3. The molecule has 0 saturated carbocycles. The van der Waals surface area contributed by atoms with E-state index < -0.39 is 12.0 Å². The van der Waals surface area contributed by atoms with Gasteiger partial charge in [0.15, 0.2) is 4.80 Å². The number of ether oxygens (including phenoxy) is 1. The van der Waals surface area contributed by atoms with Gasteiger partial charge in [-0.1, -0.05) is 84.1 Å². The second kappa shape index (κ2) is 11.5. The predicted molar refractivity (Wildman–Crippen MR) is 160 cm³/mol. The summed E-state index contributed by atoms with van der Waals surface area (Å²) >= 11 is 1.34. The topological polar surface area (TPSA) is 63.9 Å².